The van der Waals surface area contributed by atoms with Crippen LogP contribution in [0.3, 0.4) is 0 Å². The van der Waals surface area contributed by atoms with Gasteiger partial charge in [-0.15, -0.1) is 0 Å². The normalized spacial score (nSPS) is 13.0. The highest BCUT2D eigenvalue weighted by Gasteiger charge is 2.24. The Balaban J connectivity index is 4.40. The Morgan fingerprint density at radius 1 is 0.403 bits per heavy atom. The van der Waals surface area contributed by atoms with Crippen LogP contribution in [0, 0.1) is 0 Å². The van der Waals surface area contributed by atoms with Gasteiger partial charge in [0.2, 0.25) is 5.91 Å². The SMILES string of the molecule is CCCCCCCCCCCCCCCCCCCCCC(=O)OC(CCCCCCCCCCCCC)CC(=O)NC(CO)C(O)CCCCCCCCCCCCCCC. The summed E-state index contributed by atoms with van der Waals surface area (Å²) < 4.78 is 5.95. The number of carbonyl (C=O) groups excluding carboxylic acids is 2. The van der Waals surface area contributed by atoms with Gasteiger partial charge < -0.3 is 20.3 Å². The highest BCUT2D eigenvalue weighted by molar-refractivity contribution is 5.77. The summed E-state index contributed by atoms with van der Waals surface area (Å²) in [6, 6.07) is -0.692. The van der Waals surface area contributed by atoms with Gasteiger partial charge in [-0.2, -0.15) is 0 Å². The van der Waals surface area contributed by atoms with E-state index in [-0.39, 0.29) is 24.9 Å². The van der Waals surface area contributed by atoms with Crippen LogP contribution in [-0.4, -0.2) is 46.9 Å². The zero-order valence-corrected chi connectivity index (χ0v) is 42.3. The molecule has 0 fully saturated rings. The largest absolute Gasteiger partial charge is 0.462 e. The molecule has 0 aliphatic heterocycles. The van der Waals surface area contributed by atoms with E-state index in [9.17, 15) is 19.8 Å². The van der Waals surface area contributed by atoms with Crippen molar-refractivity contribution in [1.82, 2.24) is 5.32 Å². The molecule has 6 nitrogen and oxygen atoms in total. The molecule has 0 aromatic heterocycles. The number of nitrogens with one attached hydrogen (secondary N) is 1. The summed E-state index contributed by atoms with van der Waals surface area (Å²) in [5.41, 5.74) is 0. The van der Waals surface area contributed by atoms with Crippen molar-refractivity contribution >= 4 is 11.9 Å². The van der Waals surface area contributed by atoms with Crippen molar-refractivity contribution in [3.05, 3.63) is 0 Å². The summed E-state index contributed by atoms with van der Waals surface area (Å²) in [4.78, 5) is 26.2. The van der Waals surface area contributed by atoms with Gasteiger partial charge in [0, 0.05) is 6.42 Å². The first kappa shape index (κ1) is 60.9. The second-order valence-electron chi connectivity index (χ2n) is 19.7. The van der Waals surface area contributed by atoms with Crippen LogP contribution < -0.4 is 5.32 Å². The van der Waals surface area contributed by atoms with E-state index in [2.05, 4.69) is 26.1 Å². The Kier molecular flexibility index (Phi) is 49.9. The smallest absolute Gasteiger partial charge is 0.306 e. The number of amides is 1. The number of ether oxygens (including phenoxy) is 1. The van der Waals surface area contributed by atoms with Crippen molar-refractivity contribution in [3.8, 4) is 0 Å². The highest BCUT2D eigenvalue weighted by Crippen LogP contribution is 2.19. The average Bonchev–Trinajstić information content (AvgIpc) is 3.26. The molecule has 3 atom stereocenters. The molecule has 0 rings (SSSR count). The molecule has 1 amide bonds. The van der Waals surface area contributed by atoms with Crippen molar-refractivity contribution in [1.29, 1.82) is 0 Å². The molecule has 0 heterocycles. The van der Waals surface area contributed by atoms with E-state index < -0.39 is 18.2 Å². The molecule has 0 aromatic rings. The lowest BCUT2D eigenvalue weighted by Gasteiger charge is -2.24. The zero-order valence-electron chi connectivity index (χ0n) is 42.3. The summed E-state index contributed by atoms with van der Waals surface area (Å²) in [5.74, 6) is -0.447. The van der Waals surface area contributed by atoms with Gasteiger partial charge in [0.15, 0.2) is 0 Å². The van der Waals surface area contributed by atoms with E-state index in [0.717, 1.165) is 38.5 Å². The first-order valence-corrected chi connectivity index (χ1v) is 28.3. The van der Waals surface area contributed by atoms with Crippen molar-refractivity contribution < 1.29 is 24.5 Å². The highest BCUT2D eigenvalue weighted by atomic mass is 16.5. The number of hydrogen-bond acceptors (Lipinski definition) is 5. The Morgan fingerprint density at radius 2 is 0.677 bits per heavy atom. The minimum Gasteiger partial charge on any atom is -0.462 e. The molecule has 0 spiro atoms. The number of unbranched alkanes of at least 4 members (excludes halogenated alkanes) is 40. The number of carbonyl (C=O) groups is 2. The van der Waals surface area contributed by atoms with Crippen molar-refractivity contribution in [2.75, 3.05) is 6.61 Å². The first-order valence-electron chi connectivity index (χ1n) is 28.3. The Bertz CT molecular complexity index is 898. The van der Waals surface area contributed by atoms with Crippen molar-refractivity contribution in [3.63, 3.8) is 0 Å². The van der Waals surface area contributed by atoms with E-state index in [4.69, 9.17) is 4.74 Å². The molecule has 0 bridgehead atoms. The van der Waals surface area contributed by atoms with E-state index in [1.807, 2.05) is 0 Å². The fourth-order valence-corrected chi connectivity index (χ4v) is 9.14. The summed E-state index contributed by atoms with van der Waals surface area (Å²) in [6.07, 6.45) is 56.0. The van der Waals surface area contributed by atoms with Gasteiger partial charge in [0.25, 0.3) is 0 Å². The molecule has 0 saturated carbocycles. The Labute approximate surface area is 387 Å². The zero-order chi connectivity index (χ0) is 45.2. The number of rotatable bonds is 52. The van der Waals surface area contributed by atoms with Crippen LogP contribution in [0.1, 0.15) is 323 Å². The summed E-state index contributed by atoms with van der Waals surface area (Å²) in [7, 11) is 0. The lowest BCUT2D eigenvalue weighted by atomic mass is 10.0. The lowest BCUT2D eigenvalue weighted by Crippen LogP contribution is -2.46. The third-order valence-electron chi connectivity index (χ3n) is 13.4. The number of hydrogen-bond donors (Lipinski definition) is 3. The topological polar surface area (TPSA) is 95.9 Å². The average molecular weight is 879 g/mol. The Hall–Kier alpha value is -1.14. The van der Waals surface area contributed by atoms with E-state index in [1.54, 1.807) is 0 Å². The van der Waals surface area contributed by atoms with Crippen LogP contribution in [0.4, 0.5) is 0 Å². The van der Waals surface area contributed by atoms with Crippen LogP contribution in [0.25, 0.3) is 0 Å². The maximum atomic E-state index is 13.2. The van der Waals surface area contributed by atoms with Gasteiger partial charge in [-0.3, -0.25) is 9.59 Å². The van der Waals surface area contributed by atoms with Gasteiger partial charge in [-0.1, -0.05) is 284 Å². The van der Waals surface area contributed by atoms with Gasteiger partial charge >= 0.3 is 5.97 Å². The second kappa shape index (κ2) is 50.9. The van der Waals surface area contributed by atoms with Gasteiger partial charge in [-0.05, 0) is 25.7 Å². The number of esters is 1. The van der Waals surface area contributed by atoms with Crippen molar-refractivity contribution in [2.45, 2.75) is 341 Å². The molecule has 0 aromatic carbocycles. The van der Waals surface area contributed by atoms with Crippen LogP contribution >= 0.6 is 0 Å². The van der Waals surface area contributed by atoms with Gasteiger partial charge in [0.05, 0.1) is 25.2 Å². The van der Waals surface area contributed by atoms with Crippen LogP contribution in [-0.2, 0) is 14.3 Å². The fraction of sp³-hybridized carbons (Fsp3) is 0.964. The minimum atomic E-state index is -0.779. The maximum absolute atomic E-state index is 13.2. The van der Waals surface area contributed by atoms with E-state index in [1.165, 1.54) is 238 Å². The van der Waals surface area contributed by atoms with E-state index >= 15 is 0 Å². The molecular weight excluding hydrogens is 767 g/mol. The minimum absolute atomic E-state index is 0.0879. The quantitative estimate of drug-likeness (QED) is 0.0418. The van der Waals surface area contributed by atoms with E-state index in [0.29, 0.717) is 19.3 Å². The standard InChI is InChI=1S/C56H111NO5/c1-4-7-10-13-16-19-22-24-25-26-27-28-29-31-34-37-40-43-46-49-56(61)62-52(47-44-41-38-35-32-21-18-15-12-9-6-3)50-55(60)57-53(51-58)54(59)48-45-42-39-36-33-30-23-20-17-14-11-8-5-2/h52-54,58-59H,4-51H2,1-3H3,(H,57,60). The summed E-state index contributed by atoms with van der Waals surface area (Å²) >= 11 is 0. The fourth-order valence-electron chi connectivity index (χ4n) is 9.14. The molecule has 3 N–H and O–H groups in total. The first-order chi connectivity index (χ1) is 30.5. The van der Waals surface area contributed by atoms with Crippen LogP contribution in [0.2, 0.25) is 0 Å². The summed E-state index contributed by atoms with van der Waals surface area (Å²) in [6.45, 7) is 6.52. The van der Waals surface area contributed by atoms with Gasteiger partial charge in [0.1, 0.15) is 6.10 Å². The van der Waals surface area contributed by atoms with Crippen molar-refractivity contribution in [2.24, 2.45) is 0 Å². The molecule has 0 radical (unpaired) electrons. The monoisotopic (exact) mass is 878 g/mol. The molecule has 0 saturated heterocycles. The number of aliphatic hydroxyl groups is 2. The molecule has 3 unspecified atom stereocenters. The van der Waals surface area contributed by atoms with Crippen LogP contribution in [0.15, 0.2) is 0 Å². The maximum Gasteiger partial charge on any atom is 0.306 e. The molecule has 62 heavy (non-hydrogen) atoms. The predicted octanol–water partition coefficient (Wildman–Crippen LogP) is 17.1. The lowest BCUT2D eigenvalue weighted by molar-refractivity contribution is -0.151. The predicted molar refractivity (Wildman–Crippen MR) is 269 cm³/mol. The molecule has 6 heteroatoms. The molecular formula is C56H111NO5. The second-order valence-corrected chi connectivity index (χ2v) is 19.7. The molecule has 370 valence electrons. The summed E-state index contributed by atoms with van der Waals surface area (Å²) in [5, 5.41) is 23.8. The molecule has 0 aliphatic carbocycles. The third-order valence-corrected chi connectivity index (χ3v) is 13.4. The Morgan fingerprint density at radius 3 is 0.984 bits per heavy atom. The molecule has 0 aliphatic rings. The number of aliphatic hydroxyl groups excluding tert-OH is 2. The van der Waals surface area contributed by atoms with Gasteiger partial charge in [-0.25, -0.2) is 0 Å². The van der Waals surface area contributed by atoms with Crippen LogP contribution in [0.5, 0.6) is 0 Å². The third kappa shape index (κ3) is 45.4.